The van der Waals surface area contributed by atoms with Gasteiger partial charge in [-0.05, 0) is 18.8 Å². The smallest absolute Gasteiger partial charge is 0.308 e. The van der Waals surface area contributed by atoms with Crippen LogP contribution < -0.4 is 0 Å². The summed E-state index contributed by atoms with van der Waals surface area (Å²) >= 11 is 0. The summed E-state index contributed by atoms with van der Waals surface area (Å²) in [4.78, 5) is 12.3. The summed E-state index contributed by atoms with van der Waals surface area (Å²) < 4.78 is 5.53. The Balaban J connectivity index is 4.10. The second kappa shape index (κ2) is 14.4. The predicted octanol–water partition coefficient (Wildman–Crippen LogP) is 6.13. The standard InChI is InChI=1S/C19H38O2/c1-5-8-10-12-14-18(15-13-11-9-6-2)19(20)21-16-17(4)7-3/h17-18H,5-16H2,1-4H3. The molecule has 126 valence electrons. The maximum absolute atomic E-state index is 12.3. The molecule has 0 aromatic carbocycles. The second-order valence-corrected chi connectivity index (χ2v) is 6.54. The highest BCUT2D eigenvalue weighted by Gasteiger charge is 2.19. The first-order valence-electron chi connectivity index (χ1n) is 9.32. The molecule has 0 amide bonds. The third-order valence-corrected chi connectivity index (χ3v) is 4.35. The fourth-order valence-corrected chi connectivity index (χ4v) is 2.48. The quantitative estimate of drug-likeness (QED) is 0.285. The number of carbonyl (C=O) groups excluding carboxylic acids is 1. The molecule has 0 heterocycles. The molecule has 0 saturated heterocycles. The van der Waals surface area contributed by atoms with Crippen LogP contribution in [0.3, 0.4) is 0 Å². The normalized spacial score (nSPS) is 12.6. The Morgan fingerprint density at radius 2 is 1.38 bits per heavy atom. The Morgan fingerprint density at radius 3 is 1.81 bits per heavy atom. The first-order valence-corrected chi connectivity index (χ1v) is 9.32. The lowest BCUT2D eigenvalue weighted by Crippen LogP contribution is -2.20. The van der Waals surface area contributed by atoms with Crippen LogP contribution in [0.4, 0.5) is 0 Å². The van der Waals surface area contributed by atoms with Crippen molar-refractivity contribution in [3.63, 3.8) is 0 Å². The van der Waals surface area contributed by atoms with E-state index in [4.69, 9.17) is 4.74 Å². The van der Waals surface area contributed by atoms with Crippen molar-refractivity contribution in [1.29, 1.82) is 0 Å². The van der Waals surface area contributed by atoms with Crippen LogP contribution in [0.5, 0.6) is 0 Å². The van der Waals surface area contributed by atoms with Crippen LogP contribution in [0.2, 0.25) is 0 Å². The van der Waals surface area contributed by atoms with Crippen LogP contribution >= 0.6 is 0 Å². The van der Waals surface area contributed by atoms with Gasteiger partial charge in [0.15, 0.2) is 0 Å². The maximum Gasteiger partial charge on any atom is 0.308 e. The SMILES string of the molecule is CCCCCCC(CCCCCC)C(=O)OCC(C)CC. The van der Waals surface area contributed by atoms with Gasteiger partial charge in [0.1, 0.15) is 0 Å². The van der Waals surface area contributed by atoms with Gasteiger partial charge in [0.05, 0.1) is 12.5 Å². The van der Waals surface area contributed by atoms with E-state index in [9.17, 15) is 4.79 Å². The first-order chi connectivity index (χ1) is 10.2. The molecule has 0 N–H and O–H groups in total. The Labute approximate surface area is 133 Å². The van der Waals surface area contributed by atoms with Gasteiger partial charge in [-0.25, -0.2) is 0 Å². The van der Waals surface area contributed by atoms with E-state index in [2.05, 4.69) is 27.7 Å². The highest BCUT2D eigenvalue weighted by Crippen LogP contribution is 2.20. The van der Waals surface area contributed by atoms with Crippen LogP contribution in [0, 0.1) is 11.8 Å². The van der Waals surface area contributed by atoms with Gasteiger partial charge in [-0.3, -0.25) is 4.79 Å². The molecule has 1 atom stereocenters. The van der Waals surface area contributed by atoms with Crippen LogP contribution in [0.25, 0.3) is 0 Å². The molecule has 0 radical (unpaired) electrons. The first kappa shape index (κ1) is 20.5. The van der Waals surface area contributed by atoms with Crippen molar-refractivity contribution in [2.45, 2.75) is 98.3 Å². The molecule has 0 aliphatic rings. The summed E-state index contributed by atoms with van der Waals surface area (Å²) in [6, 6.07) is 0. The summed E-state index contributed by atoms with van der Waals surface area (Å²) in [7, 11) is 0. The average Bonchev–Trinajstić information content (AvgIpc) is 2.50. The largest absolute Gasteiger partial charge is 0.465 e. The summed E-state index contributed by atoms with van der Waals surface area (Å²) in [5, 5.41) is 0. The van der Waals surface area contributed by atoms with Crippen molar-refractivity contribution in [3.8, 4) is 0 Å². The minimum absolute atomic E-state index is 0.0586. The predicted molar refractivity (Wildman–Crippen MR) is 91.4 cm³/mol. The Morgan fingerprint density at radius 1 is 0.857 bits per heavy atom. The molecule has 0 aromatic heterocycles. The van der Waals surface area contributed by atoms with E-state index in [0.29, 0.717) is 12.5 Å². The summed E-state index contributed by atoms with van der Waals surface area (Å²) in [6.45, 7) is 9.33. The van der Waals surface area contributed by atoms with Crippen LogP contribution in [0.15, 0.2) is 0 Å². The Kier molecular flexibility index (Phi) is 14.0. The van der Waals surface area contributed by atoms with Gasteiger partial charge in [-0.2, -0.15) is 0 Å². The molecule has 1 unspecified atom stereocenters. The molecule has 2 nitrogen and oxygen atoms in total. The summed E-state index contributed by atoms with van der Waals surface area (Å²) in [5.41, 5.74) is 0. The number of esters is 1. The molecular formula is C19H38O2. The number of hydrogen-bond donors (Lipinski definition) is 0. The lowest BCUT2D eigenvalue weighted by Gasteiger charge is -2.17. The second-order valence-electron chi connectivity index (χ2n) is 6.54. The summed E-state index contributed by atoms with van der Waals surface area (Å²) in [6.07, 6.45) is 13.0. The van der Waals surface area contributed by atoms with E-state index >= 15 is 0 Å². The van der Waals surface area contributed by atoms with Gasteiger partial charge in [0, 0.05) is 0 Å². The molecule has 0 bridgehead atoms. The molecular weight excluding hydrogens is 260 g/mol. The van der Waals surface area contributed by atoms with Crippen LogP contribution in [-0.2, 0) is 9.53 Å². The van der Waals surface area contributed by atoms with Crippen molar-refractivity contribution in [2.75, 3.05) is 6.61 Å². The molecule has 0 aromatic rings. The van der Waals surface area contributed by atoms with Gasteiger partial charge in [-0.1, -0.05) is 85.5 Å². The van der Waals surface area contributed by atoms with Gasteiger partial charge in [-0.15, -0.1) is 0 Å². The van der Waals surface area contributed by atoms with Crippen molar-refractivity contribution >= 4 is 5.97 Å². The van der Waals surface area contributed by atoms with Crippen LogP contribution in [-0.4, -0.2) is 12.6 Å². The highest BCUT2D eigenvalue weighted by atomic mass is 16.5. The van der Waals surface area contributed by atoms with E-state index in [1.165, 1.54) is 51.4 Å². The number of ether oxygens (including phenoxy) is 1. The van der Waals surface area contributed by atoms with Crippen molar-refractivity contribution in [2.24, 2.45) is 11.8 Å². The molecule has 0 rings (SSSR count). The van der Waals surface area contributed by atoms with Crippen molar-refractivity contribution in [3.05, 3.63) is 0 Å². The van der Waals surface area contributed by atoms with Crippen LogP contribution in [0.1, 0.15) is 98.3 Å². The lowest BCUT2D eigenvalue weighted by molar-refractivity contribution is -0.150. The van der Waals surface area contributed by atoms with E-state index < -0.39 is 0 Å². The summed E-state index contributed by atoms with van der Waals surface area (Å²) in [5.74, 6) is 0.681. The number of rotatable bonds is 14. The molecule has 21 heavy (non-hydrogen) atoms. The molecule has 0 aliphatic heterocycles. The van der Waals surface area contributed by atoms with E-state index in [-0.39, 0.29) is 11.9 Å². The topological polar surface area (TPSA) is 26.3 Å². The number of hydrogen-bond acceptors (Lipinski definition) is 2. The zero-order valence-corrected chi connectivity index (χ0v) is 15.0. The molecule has 0 fully saturated rings. The van der Waals surface area contributed by atoms with Gasteiger partial charge in [0.2, 0.25) is 0 Å². The van der Waals surface area contributed by atoms with Gasteiger partial charge >= 0.3 is 5.97 Å². The zero-order valence-electron chi connectivity index (χ0n) is 15.0. The minimum atomic E-state index is 0.0586. The third-order valence-electron chi connectivity index (χ3n) is 4.35. The molecule has 0 saturated carbocycles. The van der Waals surface area contributed by atoms with E-state index in [0.717, 1.165) is 19.3 Å². The maximum atomic E-state index is 12.3. The minimum Gasteiger partial charge on any atom is -0.465 e. The molecule has 0 spiro atoms. The van der Waals surface area contributed by atoms with Crippen molar-refractivity contribution < 1.29 is 9.53 Å². The number of carbonyl (C=O) groups is 1. The number of unbranched alkanes of at least 4 members (excludes halogenated alkanes) is 6. The third kappa shape index (κ3) is 11.8. The molecule has 0 aliphatic carbocycles. The Hall–Kier alpha value is -0.530. The fraction of sp³-hybridized carbons (Fsp3) is 0.947. The zero-order chi connectivity index (χ0) is 15.9. The van der Waals surface area contributed by atoms with Gasteiger partial charge < -0.3 is 4.74 Å². The van der Waals surface area contributed by atoms with E-state index in [1.54, 1.807) is 0 Å². The van der Waals surface area contributed by atoms with E-state index in [1.807, 2.05) is 0 Å². The Bertz CT molecular complexity index is 226. The lowest BCUT2D eigenvalue weighted by atomic mass is 9.94. The average molecular weight is 299 g/mol. The molecule has 2 heteroatoms. The van der Waals surface area contributed by atoms with Crippen molar-refractivity contribution in [1.82, 2.24) is 0 Å². The monoisotopic (exact) mass is 298 g/mol. The van der Waals surface area contributed by atoms with Gasteiger partial charge in [0.25, 0.3) is 0 Å². The highest BCUT2D eigenvalue weighted by molar-refractivity contribution is 5.72. The fourth-order valence-electron chi connectivity index (χ4n) is 2.48.